The second-order valence-electron chi connectivity index (χ2n) is 10.2. The second kappa shape index (κ2) is 10.4. The molecule has 0 bridgehead atoms. The van der Waals surface area contributed by atoms with E-state index in [1.54, 1.807) is 9.58 Å². The van der Waals surface area contributed by atoms with Crippen molar-refractivity contribution in [2.45, 2.75) is 46.5 Å². The number of aryl methyl sites for hydroxylation is 1. The van der Waals surface area contributed by atoms with Crippen molar-refractivity contribution in [3.05, 3.63) is 89.6 Å². The third-order valence-corrected chi connectivity index (χ3v) is 6.16. The Bertz CT molecular complexity index is 1380. The first-order valence-electron chi connectivity index (χ1n) is 12.4. The van der Waals surface area contributed by atoms with Crippen LogP contribution in [0.25, 0.3) is 16.5 Å². The average Bonchev–Trinajstić information content (AvgIpc) is 3.27. The van der Waals surface area contributed by atoms with E-state index >= 15 is 0 Å². The lowest BCUT2D eigenvalue weighted by atomic mass is 9.92. The lowest BCUT2D eigenvalue weighted by Gasteiger charge is -2.22. The van der Waals surface area contributed by atoms with Gasteiger partial charge in [0.15, 0.2) is 0 Å². The molecule has 0 atom stereocenters. The number of anilines is 1. The zero-order chi connectivity index (χ0) is 25.9. The normalized spacial score (nSPS) is 11.5. The summed E-state index contributed by atoms with van der Waals surface area (Å²) in [6.07, 6.45) is 0.749. The third-order valence-electron chi connectivity index (χ3n) is 6.16. The molecule has 4 rings (SSSR count). The molecule has 0 saturated carbocycles. The van der Waals surface area contributed by atoms with E-state index < -0.39 is 0 Å². The van der Waals surface area contributed by atoms with Crippen molar-refractivity contribution >= 4 is 28.4 Å². The molecule has 6 heteroatoms. The summed E-state index contributed by atoms with van der Waals surface area (Å²) in [4.78, 5) is 28.4. The molecule has 0 fully saturated rings. The largest absolute Gasteiger partial charge is 0.329 e. The highest BCUT2D eigenvalue weighted by atomic mass is 16.2. The van der Waals surface area contributed by atoms with Crippen LogP contribution in [0.4, 0.5) is 5.82 Å². The molecule has 3 aromatic carbocycles. The van der Waals surface area contributed by atoms with Crippen molar-refractivity contribution in [2.24, 2.45) is 0 Å². The van der Waals surface area contributed by atoms with Crippen LogP contribution in [0.2, 0.25) is 0 Å². The highest BCUT2D eigenvalue weighted by molar-refractivity contribution is 6.08. The predicted octanol–water partition coefficient (Wildman–Crippen LogP) is 6.12. The summed E-state index contributed by atoms with van der Waals surface area (Å²) in [5.41, 5.74) is 3.30. The summed E-state index contributed by atoms with van der Waals surface area (Å²) in [6, 6.07) is 23.4. The van der Waals surface area contributed by atoms with Gasteiger partial charge in [-0.05, 0) is 42.3 Å². The Morgan fingerprint density at radius 3 is 2.36 bits per heavy atom. The van der Waals surface area contributed by atoms with E-state index in [-0.39, 0.29) is 23.8 Å². The molecule has 6 nitrogen and oxygen atoms in total. The number of nitrogens with one attached hydrogen (secondary N) is 1. The first kappa shape index (κ1) is 25.2. The molecule has 0 saturated heterocycles. The number of benzene rings is 3. The lowest BCUT2D eigenvalue weighted by Crippen LogP contribution is -2.38. The quantitative estimate of drug-likeness (QED) is 0.345. The summed E-state index contributed by atoms with van der Waals surface area (Å²) < 4.78 is 1.76. The van der Waals surface area contributed by atoms with E-state index in [0.29, 0.717) is 17.9 Å². The number of nitrogens with zero attached hydrogens (tertiary/aromatic N) is 3. The molecule has 36 heavy (non-hydrogen) atoms. The van der Waals surface area contributed by atoms with E-state index in [4.69, 9.17) is 5.10 Å². The van der Waals surface area contributed by atoms with Crippen LogP contribution >= 0.6 is 0 Å². The Labute approximate surface area is 212 Å². The smallest absolute Gasteiger partial charge is 0.254 e. The second-order valence-corrected chi connectivity index (χ2v) is 10.2. The highest BCUT2D eigenvalue weighted by Crippen LogP contribution is 2.27. The van der Waals surface area contributed by atoms with Gasteiger partial charge >= 0.3 is 0 Å². The van der Waals surface area contributed by atoms with E-state index in [1.165, 1.54) is 0 Å². The van der Waals surface area contributed by atoms with Gasteiger partial charge in [-0.25, -0.2) is 4.68 Å². The SMILES string of the molecule is CCCN(CC(=O)Nc1cc(C(C)(C)C)nn1-c1ccc(C)cc1)C(=O)c1cccc2ccccc12. The molecule has 2 amide bonds. The summed E-state index contributed by atoms with van der Waals surface area (Å²) in [5.74, 6) is 0.180. The molecule has 0 aliphatic carbocycles. The van der Waals surface area contributed by atoms with Gasteiger partial charge in [0, 0.05) is 23.6 Å². The molecule has 0 spiro atoms. The maximum atomic E-state index is 13.5. The standard InChI is InChI=1S/C30H34N4O2/c1-6-18-33(29(36)25-13-9-11-22-10-7-8-12-24(22)25)20-28(35)31-27-19-26(30(3,4)5)32-34(27)23-16-14-21(2)15-17-23/h7-17,19H,6,18,20H2,1-5H3,(H,31,35). The van der Waals surface area contributed by atoms with Crippen LogP contribution < -0.4 is 5.32 Å². The topological polar surface area (TPSA) is 67.2 Å². The summed E-state index contributed by atoms with van der Waals surface area (Å²) in [6.45, 7) is 10.7. The number of carbonyl (C=O) groups is 2. The lowest BCUT2D eigenvalue weighted by molar-refractivity contribution is -0.116. The minimum atomic E-state index is -0.259. The van der Waals surface area contributed by atoms with Gasteiger partial charge in [0.1, 0.15) is 12.4 Å². The summed E-state index contributed by atoms with van der Waals surface area (Å²) >= 11 is 0. The Hall–Kier alpha value is -3.93. The van der Waals surface area contributed by atoms with Gasteiger partial charge in [0.2, 0.25) is 5.91 Å². The number of rotatable bonds is 7. The molecule has 1 aromatic heterocycles. The van der Waals surface area contributed by atoms with Gasteiger partial charge in [-0.15, -0.1) is 0 Å². The third kappa shape index (κ3) is 5.48. The van der Waals surface area contributed by atoms with Crippen LogP contribution in [0, 0.1) is 6.92 Å². The van der Waals surface area contributed by atoms with Crippen molar-refractivity contribution in [1.29, 1.82) is 0 Å². The van der Waals surface area contributed by atoms with Crippen LogP contribution in [0.3, 0.4) is 0 Å². The Balaban J connectivity index is 1.60. The van der Waals surface area contributed by atoms with Crippen molar-refractivity contribution < 1.29 is 9.59 Å². The molecule has 4 aromatic rings. The van der Waals surface area contributed by atoms with Gasteiger partial charge in [-0.3, -0.25) is 9.59 Å². The summed E-state index contributed by atoms with van der Waals surface area (Å²) in [7, 11) is 0. The van der Waals surface area contributed by atoms with E-state index in [9.17, 15) is 9.59 Å². The molecule has 0 radical (unpaired) electrons. The number of carbonyl (C=O) groups excluding carboxylic acids is 2. The van der Waals surface area contributed by atoms with E-state index in [2.05, 4.69) is 26.1 Å². The van der Waals surface area contributed by atoms with Crippen molar-refractivity contribution in [3.8, 4) is 5.69 Å². The number of hydrogen-bond acceptors (Lipinski definition) is 3. The highest BCUT2D eigenvalue weighted by Gasteiger charge is 2.24. The van der Waals surface area contributed by atoms with Gasteiger partial charge in [-0.1, -0.05) is 81.8 Å². The fourth-order valence-corrected chi connectivity index (χ4v) is 4.18. The monoisotopic (exact) mass is 482 g/mol. The number of fused-ring (bicyclic) bond motifs is 1. The minimum Gasteiger partial charge on any atom is -0.329 e. The Morgan fingerprint density at radius 1 is 0.972 bits per heavy atom. The van der Waals surface area contributed by atoms with E-state index in [1.807, 2.05) is 86.6 Å². The minimum absolute atomic E-state index is 0.0418. The van der Waals surface area contributed by atoms with E-state index in [0.717, 1.165) is 34.1 Å². The van der Waals surface area contributed by atoms with Crippen molar-refractivity contribution in [2.75, 3.05) is 18.4 Å². The molecular weight excluding hydrogens is 448 g/mol. The fraction of sp³-hybridized carbons (Fsp3) is 0.300. The van der Waals surface area contributed by atoms with Gasteiger partial charge in [0.25, 0.3) is 5.91 Å². The number of amides is 2. The van der Waals surface area contributed by atoms with Crippen LogP contribution in [-0.2, 0) is 10.2 Å². The van der Waals surface area contributed by atoms with Crippen LogP contribution in [0.5, 0.6) is 0 Å². The molecule has 0 aliphatic heterocycles. The molecule has 1 heterocycles. The first-order valence-corrected chi connectivity index (χ1v) is 12.4. The zero-order valence-corrected chi connectivity index (χ0v) is 21.7. The first-order chi connectivity index (χ1) is 17.2. The molecule has 0 aliphatic rings. The zero-order valence-electron chi connectivity index (χ0n) is 21.7. The number of aromatic nitrogens is 2. The molecular formula is C30H34N4O2. The van der Waals surface area contributed by atoms with Crippen LogP contribution in [0.1, 0.15) is 55.7 Å². The van der Waals surface area contributed by atoms with Gasteiger partial charge in [-0.2, -0.15) is 5.10 Å². The Morgan fingerprint density at radius 2 is 1.67 bits per heavy atom. The fourth-order valence-electron chi connectivity index (χ4n) is 4.18. The van der Waals surface area contributed by atoms with Crippen LogP contribution in [-0.4, -0.2) is 39.6 Å². The predicted molar refractivity (Wildman–Crippen MR) is 146 cm³/mol. The van der Waals surface area contributed by atoms with Gasteiger partial charge in [0.05, 0.1) is 11.4 Å². The molecule has 186 valence electrons. The number of hydrogen-bond donors (Lipinski definition) is 1. The maximum absolute atomic E-state index is 13.5. The maximum Gasteiger partial charge on any atom is 0.254 e. The van der Waals surface area contributed by atoms with Crippen molar-refractivity contribution in [3.63, 3.8) is 0 Å². The Kier molecular flexibility index (Phi) is 7.25. The van der Waals surface area contributed by atoms with Crippen molar-refractivity contribution in [1.82, 2.24) is 14.7 Å². The average molecular weight is 483 g/mol. The molecule has 1 N–H and O–H groups in total. The van der Waals surface area contributed by atoms with Crippen LogP contribution in [0.15, 0.2) is 72.8 Å². The molecule has 0 unspecified atom stereocenters. The summed E-state index contributed by atoms with van der Waals surface area (Å²) in [5, 5.41) is 9.69. The van der Waals surface area contributed by atoms with Gasteiger partial charge < -0.3 is 10.2 Å².